The Balaban J connectivity index is 2.99. The predicted octanol–water partition coefficient (Wildman–Crippen LogP) is 2.08. The Morgan fingerprint density at radius 2 is 1.57 bits per heavy atom. The molecule has 5 nitrogen and oxygen atoms in total. The van der Waals surface area contributed by atoms with Gasteiger partial charge in [0, 0.05) is 17.8 Å². The maximum Gasteiger partial charge on any atom is 0.303 e. The molecule has 0 saturated carbocycles. The van der Waals surface area contributed by atoms with E-state index in [1.807, 2.05) is 0 Å². The fourth-order valence-corrected chi connectivity index (χ4v) is 1.22. The number of hydrogen-bond donors (Lipinski definition) is 1. The van der Waals surface area contributed by atoms with E-state index in [0.29, 0.717) is 12.8 Å². The van der Waals surface area contributed by atoms with Crippen molar-refractivity contribution in [3.8, 4) is 0 Å². The molecule has 82 valence electrons. The van der Waals surface area contributed by atoms with Gasteiger partial charge in [0.1, 0.15) is 0 Å². The molecule has 0 aliphatic heterocycles. The number of carboxylic acid groups (broad SMARTS) is 1. The Kier molecular flexibility index (Phi) is 7.78. The summed E-state index contributed by atoms with van der Waals surface area (Å²) in [6.07, 6.45) is 5.29. The molecule has 0 rings (SSSR count). The van der Waals surface area contributed by atoms with E-state index in [-0.39, 0.29) is 17.9 Å². The largest absolute Gasteiger partial charge is 0.481 e. The molecule has 0 heterocycles. The molecule has 0 saturated heterocycles. The first-order chi connectivity index (χ1) is 6.63. The van der Waals surface area contributed by atoms with Crippen molar-refractivity contribution < 1.29 is 14.8 Å². The summed E-state index contributed by atoms with van der Waals surface area (Å²) in [6.45, 7) is 0.0507. The van der Waals surface area contributed by atoms with Crippen LogP contribution in [0, 0.1) is 10.1 Å². The molecule has 0 radical (unpaired) electrons. The second kappa shape index (κ2) is 8.47. The van der Waals surface area contributed by atoms with Gasteiger partial charge in [-0.1, -0.05) is 19.3 Å². The average molecular weight is 203 g/mol. The number of carbonyl (C=O) groups is 1. The van der Waals surface area contributed by atoms with E-state index in [9.17, 15) is 14.9 Å². The molecule has 0 unspecified atom stereocenters. The fourth-order valence-electron chi connectivity index (χ4n) is 1.22. The number of nitro groups is 1. The molecule has 0 amide bonds. The minimum atomic E-state index is -0.752. The first-order valence-corrected chi connectivity index (χ1v) is 4.96. The molecular formula is C9H17NO4. The summed E-state index contributed by atoms with van der Waals surface area (Å²) in [4.78, 5) is 19.8. The Morgan fingerprint density at radius 3 is 2.07 bits per heavy atom. The van der Waals surface area contributed by atoms with Crippen LogP contribution in [0.3, 0.4) is 0 Å². The third-order valence-electron chi connectivity index (χ3n) is 1.98. The molecule has 5 heteroatoms. The maximum absolute atomic E-state index is 10.1. The second-order valence-corrected chi connectivity index (χ2v) is 3.32. The fraction of sp³-hybridized carbons (Fsp3) is 0.889. The molecule has 14 heavy (non-hydrogen) atoms. The summed E-state index contributed by atoms with van der Waals surface area (Å²) in [7, 11) is 0. The first kappa shape index (κ1) is 12.9. The van der Waals surface area contributed by atoms with Crippen LogP contribution in [-0.4, -0.2) is 22.5 Å². The zero-order valence-electron chi connectivity index (χ0n) is 8.28. The lowest BCUT2D eigenvalue weighted by atomic mass is 10.1. The third kappa shape index (κ3) is 10.9. The van der Waals surface area contributed by atoms with Crippen molar-refractivity contribution in [2.24, 2.45) is 0 Å². The Morgan fingerprint density at radius 1 is 1.07 bits per heavy atom. The maximum atomic E-state index is 10.1. The third-order valence-corrected chi connectivity index (χ3v) is 1.98. The van der Waals surface area contributed by atoms with Gasteiger partial charge in [0.2, 0.25) is 6.54 Å². The standard InChI is InChI=1S/C9H17NO4/c11-9(12)7-5-3-1-2-4-6-8-10(13)14/h1-8H2,(H,11,12). The smallest absolute Gasteiger partial charge is 0.303 e. The normalized spacial score (nSPS) is 10.0. The quantitative estimate of drug-likeness (QED) is 0.353. The number of carboxylic acids is 1. The lowest BCUT2D eigenvalue weighted by Crippen LogP contribution is -1.99. The Hall–Kier alpha value is -1.13. The molecule has 0 bridgehead atoms. The highest BCUT2D eigenvalue weighted by Crippen LogP contribution is 2.06. The topological polar surface area (TPSA) is 80.4 Å². The van der Waals surface area contributed by atoms with Gasteiger partial charge in [0.15, 0.2) is 0 Å². The van der Waals surface area contributed by atoms with Crippen LogP contribution in [0.1, 0.15) is 44.9 Å². The summed E-state index contributed by atoms with van der Waals surface area (Å²) < 4.78 is 0. The van der Waals surface area contributed by atoms with Crippen LogP contribution in [0.4, 0.5) is 0 Å². The van der Waals surface area contributed by atoms with Crippen molar-refractivity contribution in [3.63, 3.8) is 0 Å². The van der Waals surface area contributed by atoms with Crippen LogP contribution in [0.15, 0.2) is 0 Å². The first-order valence-electron chi connectivity index (χ1n) is 4.96. The number of nitrogens with zero attached hydrogens (tertiary/aromatic N) is 1. The van der Waals surface area contributed by atoms with Crippen LogP contribution < -0.4 is 0 Å². The van der Waals surface area contributed by atoms with Gasteiger partial charge < -0.3 is 5.11 Å². The molecular weight excluding hydrogens is 186 g/mol. The molecule has 0 aliphatic carbocycles. The molecule has 0 aliphatic rings. The minimum absolute atomic E-state index is 0.0507. The van der Waals surface area contributed by atoms with Gasteiger partial charge in [-0.15, -0.1) is 0 Å². The lowest BCUT2D eigenvalue weighted by molar-refractivity contribution is -0.480. The summed E-state index contributed by atoms with van der Waals surface area (Å²) in [5.41, 5.74) is 0. The summed E-state index contributed by atoms with van der Waals surface area (Å²) in [5.74, 6) is -0.752. The van der Waals surface area contributed by atoms with Crippen molar-refractivity contribution in [3.05, 3.63) is 10.1 Å². The van der Waals surface area contributed by atoms with E-state index in [0.717, 1.165) is 25.7 Å². The van der Waals surface area contributed by atoms with Crippen LogP contribution in [-0.2, 0) is 4.79 Å². The van der Waals surface area contributed by atoms with E-state index in [2.05, 4.69) is 0 Å². The van der Waals surface area contributed by atoms with Gasteiger partial charge in [-0.05, 0) is 12.8 Å². The molecule has 1 N–H and O–H groups in total. The van der Waals surface area contributed by atoms with Crippen molar-refractivity contribution in [2.75, 3.05) is 6.54 Å². The second-order valence-electron chi connectivity index (χ2n) is 3.32. The summed E-state index contributed by atoms with van der Waals surface area (Å²) in [5, 5.41) is 18.3. The predicted molar refractivity (Wildman–Crippen MR) is 51.8 cm³/mol. The average Bonchev–Trinajstić information content (AvgIpc) is 2.08. The molecule has 0 fully saturated rings. The zero-order valence-corrected chi connectivity index (χ0v) is 8.28. The van der Waals surface area contributed by atoms with Gasteiger partial charge in [0.25, 0.3) is 0 Å². The van der Waals surface area contributed by atoms with Gasteiger partial charge in [0.05, 0.1) is 0 Å². The van der Waals surface area contributed by atoms with E-state index < -0.39 is 5.97 Å². The molecule has 0 aromatic rings. The minimum Gasteiger partial charge on any atom is -0.481 e. The molecule has 0 aromatic heterocycles. The van der Waals surface area contributed by atoms with E-state index in [1.165, 1.54) is 0 Å². The van der Waals surface area contributed by atoms with Crippen molar-refractivity contribution in [1.29, 1.82) is 0 Å². The molecule has 0 atom stereocenters. The molecule has 0 spiro atoms. The van der Waals surface area contributed by atoms with Crippen LogP contribution in [0.2, 0.25) is 0 Å². The highest BCUT2D eigenvalue weighted by molar-refractivity contribution is 5.66. The Labute approximate surface area is 83.3 Å². The zero-order chi connectivity index (χ0) is 10.8. The number of aliphatic carboxylic acids is 1. The highest BCUT2D eigenvalue weighted by atomic mass is 16.6. The SMILES string of the molecule is O=C(O)CCCCCCCC[N+](=O)[O-]. The summed E-state index contributed by atoms with van der Waals surface area (Å²) >= 11 is 0. The molecule has 0 aromatic carbocycles. The summed E-state index contributed by atoms with van der Waals surface area (Å²) in [6, 6.07) is 0. The van der Waals surface area contributed by atoms with Crippen LogP contribution in [0.5, 0.6) is 0 Å². The van der Waals surface area contributed by atoms with E-state index >= 15 is 0 Å². The van der Waals surface area contributed by atoms with E-state index in [4.69, 9.17) is 5.11 Å². The monoisotopic (exact) mass is 203 g/mol. The van der Waals surface area contributed by atoms with Gasteiger partial charge in [-0.3, -0.25) is 14.9 Å². The number of rotatable bonds is 9. The van der Waals surface area contributed by atoms with Crippen LogP contribution >= 0.6 is 0 Å². The Bertz CT molecular complexity index is 162. The van der Waals surface area contributed by atoms with Gasteiger partial charge >= 0.3 is 5.97 Å². The number of hydrogen-bond acceptors (Lipinski definition) is 3. The lowest BCUT2D eigenvalue weighted by Gasteiger charge is -1.98. The number of unbranched alkanes of at least 4 members (excludes halogenated alkanes) is 5. The highest BCUT2D eigenvalue weighted by Gasteiger charge is 1.98. The van der Waals surface area contributed by atoms with Gasteiger partial charge in [-0.2, -0.15) is 0 Å². The van der Waals surface area contributed by atoms with Crippen molar-refractivity contribution in [1.82, 2.24) is 0 Å². The van der Waals surface area contributed by atoms with Crippen molar-refractivity contribution in [2.45, 2.75) is 44.9 Å². The van der Waals surface area contributed by atoms with Crippen molar-refractivity contribution >= 4 is 5.97 Å². The van der Waals surface area contributed by atoms with Crippen LogP contribution in [0.25, 0.3) is 0 Å². The van der Waals surface area contributed by atoms with Gasteiger partial charge in [-0.25, -0.2) is 0 Å². The van der Waals surface area contributed by atoms with E-state index in [1.54, 1.807) is 0 Å².